The number of nitrogens with one attached hydrogen (secondary N) is 1. The lowest BCUT2D eigenvalue weighted by atomic mass is 10.2. The molecule has 0 aliphatic carbocycles. The van der Waals surface area contributed by atoms with Crippen LogP contribution in [0.5, 0.6) is 0 Å². The topological polar surface area (TPSA) is 146 Å². The number of halogens is 1. The Hall–Kier alpha value is -3.77. The average Bonchev–Trinajstić information content (AvgIpc) is 3.11. The van der Waals surface area contributed by atoms with Gasteiger partial charge in [0.25, 0.3) is 11.6 Å². The Kier molecular flexibility index (Phi) is 7.18. The first-order valence-electron chi connectivity index (χ1n) is 8.95. The molecule has 1 aromatic heterocycles. The largest absolute Gasteiger partial charge is 0.358 e. The fourth-order valence-corrected chi connectivity index (χ4v) is 3.65. The summed E-state index contributed by atoms with van der Waals surface area (Å²) in [7, 11) is 0. The Morgan fingerprint density at radius 2 is 1.94 bits per heavy atom. The Morgan fingerprint density at radius 3 is 2.59 bits per heavy atom. The van der Waals surface area contributed by atoms with E-state index in [1.54, 1.807) is 36.4 Å². The summed E-state index contributed by atoms with van der Waals surface area (Å²) in [5.74, 6) is -0.624. The second kappa shape index (κ2) is 10.0. The van der Waals surface area contributed by atoms with Crippen LogP contribution in [0.25, 0.3) is 0 Å². The number of carbonyl (C=O) groups excluding carboxylic acids is 1. The van der Waals surface area contributed by atoms with Gasteiger partial charge in [0.1, 0.15) is 6.20 Å². The summed E-state index contributed by atoms with van der Waals surface area (Å²) in [6.07, 6.45) is 2.31. The van der Waals surface area contributed by atoms with E-state index >= 15 is 0 Å². The molecule has 2 aromatic carbocycles. The number of imidazole rings is 1. The van der Waals surface area contributed by atoms with Gasteiger partial charge in [-0.1, -0.05) is 29.4 Å². The van der Waals surface area contributed by atoms with E-state index in [9.17, 15) is 25.0 Å². The third-order valence-electron chi connectivity index (χ3n) is 4.15. The zero-order chi connectivity index (χ0) is 23.3. The van der Waals surface area contributed by atoms with Crippen molar-refractivity contribution in [2.75, 3.05) is 0 Å². The summed E-state index contributed by atoms with van der Waals surface area (Å²) in [6.45, 7) is 1.18. The summed E-state index contributed by atoms with van der Waals surface area (Å²) in [6, 6.07) is 11.4. The number of nitrogens with zero attached hydrogens (tertiary/aromatic N) is 5. The summed E-state index contributed by atoms with van der Waals surface area (Å²) in [4.78, 5) is 38.4. The van der Waals surface area contributed by atoms with Crippen LogP contribution in [-0.4, -0.2) is 31.5 Å². The molecule has 0 saturated heterocycles. The minimum Gasteiger partial charge on any atom is -0.358 e. The van der Waals surface area contributed by atoms with Crippen molar-refractivity contribution in [3.63, 3.8) is 0 Å². The Labute approximate surface area is 190 Å². The highest BCUT2D eigenvalue weighted by atomic mass is 35.5. The molecule has 13 heteroatoms. The standard InChI is InChI=1S/C19H15ClN6O5S/c1-12-21-10-19(26(30)31)24(12)11-18(27)23-22-9-13-2-7-17(16(8-13)25(28)29)32-15-5-3-14(20)4-6-15/h2-10H,11H2,1H3,(H,23,27)/b22-9+. The van der Waals surface area contributed by atoms with Gasteiger partial charge in [0.15, 0.2) is 12.4 Å². The van der Waals surface area contributed by atoms with Gasteiger partial charge < -0.3 is 10.1 Å². The molecule has 0 spiro atoms. The summed E-state index contributed by atoms with van der Waals surface area (Å²) >= 11 is 7.08. The molecule has 3 rings (SSSR count). The molecule has 3 aromatic rings. The molecule has 0 bridgehead atoms. The maximum absolute atomic E-state index is 12.1. The summed E-state index contributed by atoms with van der Waals surface area (Å²) in [5.41, 5.74) is 2.51. The zero-order valence-corrected chi connectivity index (χ0v) is 18.0. The zero-order valence-electron chi connectivity index (χ0n) is 16.5. The van der Waals surface area contributed by atoms with Crippen molar-refractivity contribution >= 4 is 47.0 Å². The quantitative estimate of drug-likeness (QED) is 0.295. The van der Waals surface area contributed by atoms with E-state index in [1.165, 1.54) is 31.0 Å². The number of aryl methyl sites for hydroxylation is 1. The molecular formula is C19H15ClN6O5S. The van der Waals surface area contributed by atoms with E-state index in [0.717, 1.165) is 15.7 Å². The molecule has 1 heterocycles. The van der Waals surface area contributed by atoms with Gasteiger partial charge in [0, 0.05) is 28.5 Å². The van der Waals surface area contributed by atoms with Crippen molar-refractivity contribution in [1.82, 2.24) is 15.0 Å². The Bertz CT molecular complexity index is 1210. The smallest absolute Gasteiger partial charge is 0.343 e. The molecule has 0 aliphatic heterocycles. The highest BCUT2D eigenvalue weighted by molar-refractivity contribution is 7.99. The molecule has 0 unspecified atom stereocenters. The van der Waals surface area contributed by atoms with E-state index in [1.807, 2.05) is 0 Å². The van der Waals surface area contributed by atoms with E-state index < -0.39 is 15.8 Å². The first-order chi connectivity index (χ1) is 15.2. The minimum atomic E-state index is -0.640. The van der Waals surface area contributed by atoms with Gasteiger partial charge in [0.2, 0.25) is 0 Å². The number of hydrazone groups is 1. The minimum absolute atomic E-state index is 0.120. The number of hydrogen-bond acceptors (Lipinski definition) is 8. The number of carbonyl (C=O) groups is 1. The maximum atomic E-state index is 12.1. The number of aromatic nitrogens is 2. The molecule has 11 nitrogen and oxygen atoms in total. The van der Waals surface area contributed by atoms with Crippen LogP contribution in [-0.2, 0) is 11.3 Å². The molecule has 0 radical (unpaired) electrons. The fraction of sp³-hybridized carbons (Fsp3) is 0.105. The van der Waals surface area contributed by atoms with Gasteiger partial charge in [-0.25, -0.2) is 15.0 Å². The van der Waals surface area contributed by atoms with E-state index in [4.69, 9.17) is 11.6 Å². The monoisotopic (exact) mass is 474 g/mol. The van der Waals surface area contributed by atoms with Crippen LogP contribution in [0.1, 0.15) is 11.4 Å². The first-order valence-corrected chi connectivity index (χ1v) is 10.1. The number of hydrogen-bond donors (Lipinski definition) is 1. The molecule has 0 fully saturated rings. The van der Waals surface area contributed by atoms with E-state index in [2.05, 4.69) is 15.5 Å². The highest BCUT2D eigenvalue weighted by Crippen LogP contribution is 2.35. The van der Waals surface area contributed by atoms with E-state index in [-0.39, 0.29) is 18.1 Å². The lowest BCUT2D eigenvalue weighted by Crippen LogP contribution is -2.24. The van der Waals surface area contributed by atoms with Crippen LogP contribution in [0.3, 0.4) is 0 Å². The van der Waals surface area contributed by atoms with Crippen molar-refractivity contribution in [2.45, 2.75) is 23.3 Å². The van der Waals surface area contributed by atoms with Gasteiger partial charge >= 0.3 is 5.82 Å². The van der Waals surface area contributed by atoms with Crippen LogP contribution in [0, 0.1) is 27.2 Å². The SMILES string of the molecule is Cc1ncc([N+](=O)[O-])n1CC(=O)N/N=C/c1ccc(Sc2ccc(Cl)cc2)c([N+](=O)[O-])c1. The van der Waals surface area contributed by atoms with Gasteiger partial charge in [0.05, 0.1) is 16.0 Å². The fourth-order valence-electron chi connectivity index (χ4n) is 2.63. The number of amides is 1. The maximum Gasteiger partial charge on any atom is 0.343 e. The molecule has 164 valence electrons. The van der Waals surface area contributed by atoms with E-state index in [0.29, 0.717) is 21.3 Å². The molecule has 0 aliphatic rings. The molecule has 0 saturated carbocycles. The second-order valence-corrected chi connectivity index (χ2v) is 7.89. The molecule has 0 atom stereocenters. The third kappa shape index (κ3) is 5.68. The van der Waals surface area contributed by atoms with Crippen molar-refractivity contribution in [1.29, 1.82) is 0 Å². The Balaban J connectivity index is 1.69. The number of rotatable bonds is 8. The number of benzene rings is 2. The van der Waals surface area contributed by atoms with Gasteiger partial charge in [-0.15, -0.1) is 0 Å². The van der Waals surface area contributed by atoms with Gasteiger partial charge in [-0.2, -0.15) is 5.10 Å². The predicted molar refractivity (Wildman–Crippen MR) is 118 cm³/mol. The summed E-state index contributed by atoms with van der Waals surface area (Å²) < 4.78 is 1.14. The van der Waals surface area contributed by atoms with Crippen molar-refractivity contribution < 1.29 is 14.6 Å². The highest BCUT2D eigenvalue weighted by Gasteiger charge is 2.20. The second-order valence-electron chi connectivity index (χ2n) is 6.34. The normalized spacial score (nSPS) is 10.9. The first kappa shape index (κ1) is 22.9. The van der Waals surface area contributed by atoms with Crippen LogP contribution >= 0.6 is 23.4 Å². The molecule has 32 heavy (non-hydrogen) atoms. The van der Waals surface area contributed by atoms with Crippen LogP contribution in [0.2, 0.25) is 5.02 Å². The van der Waals surface area contributed by atoms with Crippen molar-refractivity contribution in [3.05, 3.63) is 85.3 Å². The van der Waals surface area contributed by atoms with Crippen LogP contribution < -0.4 is 5.43 Å². The van der Waals surface area contributed by atoms with Crippen molar-refractivity contribution in [2.24, 2.45) is 5.10 Å². The molecule has 1 amide bonds. The Morgan fingerprint density at radius 1 is 1.22 bits per heavy atom. The average molecular weight is 475 g/mol. The van der Waals surface area contributed by atoms with Gasteiger partial charge in [-0.3, -0.25) is 14.9 Å². The molecule has 1 N–H and O–H groups in total. The number of nitro benzene ring substituents is 1. The van der Waals surface area contributed by atoms with Crippen LogP contribution in [0.15, 0.2) is 63.6 Å². The lowest BCUT2D eigenvalue weighted by Gasteiger charge is -2.05. The van der Waals surface area contributed by atoms with Crippen molar-refractivity contribution in [3.8, 4) is 0 Å². The van der Waals surface area contributed by atoms with Gasteiger partial charge in [-0.05, 0) is 35.3 Å². The van der Waals surface area contributed by atoms with Crippen LogP contribution in [0.4, 0.5) is 11.5 Å². The lowest BCUT2D eigenvalue weighted by molar-refractivity contribution is -0.392. The number of nitro groups is 2. The molecular weight excluding hydrogens is 460 g/mol. The summed E-state index contributed by atoms with van der Waals surface area (Å²) in [5, 5.41) is 26.8. The third-order valence-corrected chi connectivity index (χ3v) is 5.47. The predicted octanol–water partition coefficient (Wildman–Crippen LogP) is 3.96.